The standard InChI is InChI=1S/C18H19N3O4/c1-2-3-10-25-14-7-4-12(5-8-14)17-19-16-9-6-13(21(23)24)11-15(16)18(22)20-17/h4-9,11,17,19H,2-3,10H2,1H3,(H,20,22). The summed E-state index contributed by atoms with van der Waals surface area (Å²) in [7, 11) is 0. The van der Waals surface area contributed by atoms with Gasteiger partial charge >= 0.3 is 0 Å². The number of hydrogen-bond acceptors (Lipinski definition) is 5. The molecule has 0 spiro atoms. The molecule has 0 saturated carbocycles. The van der Waals surface area contributed by atoms with E-state index in [0.29, 0.717) is 12.3 Å². The van der Waals surface area contributed by atoms with Crippen LogP contribution in [0.3, 0.4) is 0 Å². The predicted molar refractivity (Wildman–Crippen MR) is 93.8 cm³/mol. The number of benzene rings is 2. The van der Waals surface area contributed by atoms with Gasteiger partial charge in [-0.1, -0.05) is 25.5 Å². The summed E-state index contributed by atoms with van der Waals surface area (Å²) < 4.78 is 5.63. The molecule has 1 atom stereocenters. The molecule has 7 nitrogen and oxygen atoms in total. The minimum absolute atomic E-state index is 0.109. The van der Waals surface area contributed by atoms with E-state index in [9.17, 15) is 14.9 Å². The van der Waals surface area contributed by atoms with E-state index >= 15 is 0 Å². The molecule has 130 valence electrons. The molecule has 0 bridgehead atoms. The van der Waals surface area contributed by atoms with Crippen molar-refractivity contribution in [1.29, 1.82) is 0 Å². The first kappa shape index (κ1) is 16.8. The van der Waals surface area contributed by atoms with Gasteiger partial charge in [0.1, 0.15) is 11.9 Å². The number of unbranched alkanes of at least 4 members (excludes halogenated alkanes) is 1. The summed E-state index contributed by atoms with van der Waals surface area (Å²) in [6.07, 6.45) is 1.68. The third kappa shape index (κ3) is 3.71. The van der Waals surface area contributed by atoms with Gasteiger partial charge in [0, 0.05) is 17.8 Å². The lowest BCUT2D eigenvalue weighted by molar-refractivity contribution is -0.384. The van der Waals surface area contributed by atoms with Gasteiger partial charge in [-0.3, -0.25) is 14.9 Å². The Kier molecular flexibility index (Phi) is 4.83. The largest absolute Gasteiger partial charge is 0.494 e. The Hall–Kier alpha value is -3.09. The highest BCUT2D eigenvalue weighted by molar-refractivity contribution is 6.02. The molecule has 0 fully saturated rings. The topological polar surface area (TPSA) is 93.5 Å². The van der Waals surface area contributed by atoms with E-state index in [-0.39, 0.29) is 17.2 Å². The summed E-state index contributed by atoms with van der Waals surface area (Å²) in [5.74, 6) is 0.445. The maximum Gasteiger partial charge on any atom is 0.270 e. The van der Waals surface area contributed by atoms with E-state index < -0.39 is 11.1 Å². The summed E-state index contributed by atoms with van der Waals surface area (Å²) in [5, 5.41) is 16.8. The van der Waals surface area contributed by atoms with Crippen LogP contribution < -0.4 is 15.4 Å². The highest BCUT2D eigenvalue weighted by atomic mass is 16.6. The van der Waals surface area contributed by atoms with Crippen molar-refractivity contribution in [3.63, 3.8) is 0 Å². The number of nitro groups is 1. The van der Waals surface area contributed by atoms with Crippen molar-refractivity contribution in [3.8, 4) is 5.75 Å². The first-order valence-corrected chi connectivity index (χ1v) is 8.17. The van der Waals surface area contributed by atoms with Gasteiger partial charge in [0.05, 0.1) is 17.1 Å². The fourth-order valence-corrected chi connectivity index (χ4v) is 2.62. The zero-order chi connectivity index (χ0) is 17.8. The maximum absolute atomic E-state index is 12.3. The SMILES string of the molecule is CCCCOc1ccc(C2NC(=O)c3cc([N+](=O)[O-])ccc3N2)cc1. The van der Waals surface area contributed by atoms with E-state index in [2.05, 4.69) is 17.6 Å². The Morgan fingerprint density at radius 2 is 1.92 bits per heavy atom. The van der Waals surface area contributed by atoms with Crippen LogP contribution in [-0.2, 0) is 0 Å². The average molecular weight is 341 g/mol. The number of nitro benzene ring substituents is 1. The van der Waals surface area contributed by atoms with Gasteiger partial charge in [0.2, 0.25) is 0 Å². The summed E-state index contributed by atoms with van der Waals surface area (Å²) in [6.45, 7) is 2.79. The minimum atomic E-state index is -0.517. The van der Waals surface area contributed by atoms with Crippen molar-refractivity contribution < 1.29 is 14.5 Å². The molecule has 25 heavy (non-hydrogen) atoms. The number of anilines is 1. The van der Waals surface area contributed by atoms with Crippen LogP contribution in [0, 0.1) is 10.1 Å². The Balaban J connectivity index is 1.75. The highest BCUT2D eigenvalue weighted by Gasteiger charge is 2.26. The van der Waals surface area contributed by atoms with Crippen LogP contribution in [0.4, 0.5) is 11.4 Å². The molecular formula is C18H19N3O4. The third-order valence-electron chi connectivity index (χ3n) is 4.01. The van der Waals surface area contributed by atoms with Gasteiger partial charge in [-0.05, 0) is 30.2 Å². The van der Waals surface area contributed by atoms with Crippen LogP contribution in [0.15, 0.2) is 42.5 Å². The number of nitrogens with zero attached hydrogens (tertiary/aromatic N) is 1. The number of carbonyl (C=O) groups excluding carboxylic acids is 1. The molecule has 2 aromatic rings. The van der Waals surface area contributed by atoms with Crippen molar-refractivity contribution in [1.82, 2.24) is 5.32 Å². The second-order valence-corrected chi connectivity index (χ2v) is 5.81. The number of nitrogens with one attached hydrogen (secondary N) is 2. The zero-order valence-electron chi connectivity index (χ0n) is 13.8. The normalized spacial score (nSPS) is 15.7. The van der Waals surface area contributed by atoms with E-state index in [1.807, 2.05) is 24.3 Å². The van der Waals surface area contributed by atoms with Crippen molar-refractivity contribution in [2.24, 2.45) is 0 Å². The fraction of sp³-hybridized carbons (Fsp3) is 0.278. The van der Waals surface area contributed by atoms with Crippen molar-refractivity contribution >= 4 is 17.3 Å². The van der Waals surface area contributed by atoms with Crippen LogP contribution in [0.25, 0.3) is 0 Å². The van der Waals surface area contributed by atoms with Crippen molar-refractivity contribution in [3.05, 3.63) is 63.7 Å². The average Bonchev–Trinajstić information content (AvgIpc) is 2.62. The van der Waals surface area contributed by atoms with E-state index in [1.54, 1.807) is 6.07 Å². The first-order valence-electron chi connectivity index (χ1n) is 8.17. The lowest BCUT2D eigenvalue weighted by atomic mass is 10.0. The lowest BCUT2D eigenvalue weighted by Crippen LogP contribution is -2.38. The summed E-state index contributed by atoms with van der Waals surface area (Å²) in [4.78, 5) is 22.6. The molecule has 3 rings (SSSR count). The molecule has 2 N–H and O–H groups in total. The highest BCUT2D eigenvalue weighted by Crippen LogP contribution is 2.30. The van der Waals surface area contributed by atoms with Crippen LogP contribution in [0.5, 0.6) is 5.75 Å². The molecule has 1 aliphatic heterocycles. The number of carbonyl (C=O) groups is 1. The van der Waals surface area contributed by atoms with Gasteiger partial charge in [-0.2, -0.15) is 0 Å². The number of rotatable bonds is 6. The molecular weight excluding hydrogens is 322 g/mol. The van der Waals surface area contributed by atoms with E-state index in [4.69, 9.17) is 4.74 Å². The molecule has 7 heteroatoms. The van der Waals surface area contributed by atoms with E-state index in [1.165, 1.54) is 12.1 Å². The third-order valence-corrected chi connectivity index (χ3v) is 4.01. The van der Waals surface area contributed by atoms with Crippen LogP contribution in [0.1, 0.15) is 41.9 Å². The molecule has 1 aliphatic rings. The van der Waals surface area contributed by atoms with Crippen LogP contribution >= 0.6 is 0 Å². The molecule has 0 aliphatic carbocycles. The molecule has 0 saturated heterocycles. The van der Waals surface area contributed by atoms with E-state index in [0.717, 1.165) is 24.2 Å². The number of amides is 1. The second kappa shape index (κ2) is 7.21. The second-order valence-electron chi connectivity index (χ2n) is 5.81. The molecule has 1 amide bonds. The number of ether oxygens (including phenoxy) is 1. The molecule has 0 radical (unpaired) electrons. The number of fused-ring (bicyclic) bond motifs is 1. The van der Waals surface area contributed by atoms with Gasteiger partial charge < -0.3 is 15.4 Å². The summed E-state index contributed by atoms with van der Waals surface area (Å²) >= 11 is 0. The molecule has 0 aromatic heterocycles. The zero-order valence-corrected chi connectivity index (χ0v) is 13.8. The Morgan fingerprint density at radius 3 is 2.60 bits per heavy atom. The quantitative estimate of drug-likeness (QED) is 0.475. The minimum Gasteiger partial charge on any atom is -0.494 e. The molecule has 2 aromatic carbocycles. The van der Waals surface area contributed by atoms with Crippen LogP contribution in [-0.4, -0.2) is 17.4 Å². The monoisotopic (exact) mass is 341 g/mol. The fourth-order valence-electron chi connectivity index (χ4n) is 2.62. The Morgan fingerprint density at radius 1 is 1.16 bits per heavy atom. The summed E-state index contributed by atoms with van der Waals surface area (Å²) in [6, 6.07) is 11.7. The predicted octanol–water partition coefficient (Wildman–Crippen LogP) is 3.63. The Labute approximate surface area is 145 Å². The lowest BCUT2D eigenvalue weighted by Gasteiger charge is -2.28. The number of hydrogen-bond donors (Lipinski definition) is 2. The van der Waals surface area contributed by atoms with Crippen molar-refractivity contribution in [2.75, 3.05) is 11.9 Å². The smallest absolute Gasteiger partial charge is 0.270 e. The summed E-state index contributed by atoms with van der Waals surface area (Å²) in [5.41, 5.74) is 1.61. The van der Waals surface area contributed by atoms with Crippen LogP contribution in [0.2, 0.25) is 0 Å². The molecule has 1 unspecified atom stereocenters. The van der Waals surface area contributed by atoms with Gasteiger partial charge in [-0.15, -0.1) is 0 Å². The van der Waals surface area contributed by atoms with Gasteiger partial charge in [-0.25, -0.2) is 0 Å². The maximum atomic E-state index is 12.3. The molecule has 1 heterocycles. The first-order chi connectivity index (χ1) is 12.1. The van der Waals surface area contributed by atoms with Gasteiger partial charge in [0.15, 0.2) is 0 Å². The van der Waals surface area contributed by atoms with Crippen molar-refractivity contribution in [2.45, 2.75) is 25.9 Å². The number of non-ortho nitro benzene ring substituents is 1. The van der Waals surface area contributed by atoms with Gasteiger partial charge in [0.25, 0.3) is 11.6 Å². The Bertz CT molecular complexity index is 789.